The van der Waals surface area contributed by atoms with Crippen molar-refractivity contribution in [3.05, 3.63) is 181 Å². The summed E-state index contributed by atoms with van der Waals surface area (Å²) >= 11 is 1.85. The van der Waals surface area contributed by atoms with Gasteiger partial charge in [-0.05, 0) is 90.8 Å². The second kappa shape index (κ2) is 12.0. The minimum absolute atomic E-state index is 0.670. The number of hydrogen-bond acceptors (Lipinski definition) is 3. The van der Waals surface area contributed by atoms with Crippen molar-refractivity contribution in [1.29, 1.82) is 5.26 Å². The molecule has 0 aliphatic carbocycles. The van der Waals surface area contributed by atoms with Crippen molar-refractivity contribution in [2.24, 2.45) is 0 Å². The van der Waals surface area contributed by atoms with E-state index in [0.29, 0.717) is 5.56 Å². The Balaban J connectivity index is 1.02. The van der Waals surface area contributed by atoms with Gasteiger partial charge in [0.2, 0.25) is 0 Å². The number of nitriles is 1. The Kier molecular flexibility index (Phi) is 6.79. The van der Waals surface area contributed by atoms with Gasteiger partial charge in [0.05, 0.1) is 33.1 Å². The molecule has 0 fully saturated rings. The third-order valence-electron chi connectivity index (χ3n) is 10.9. The average molecular weight is 704 g/mol. The van der Waals surface area contributed by atoms with Crippen molar-refractivity contribution in [1.82, 2.24) is 9.38 Å². The molecule has 0 saturated carbocycles. The second-order valence-electron chi connectivity index (χ2n) is 13.8. The van der Waals surface area contributed by atoms with Gasteiger partial charge in [-0.25, -0.2) is 4.98 Å². The fraction of sp³-hybridized carbons (Fsp3) is 0. The Morgan fingerprint density at radius 3 is 1.72 bits per heavy atom. The molecule has 0 N–H and O–H groups in total. The normalized spacial score (nSPS) is 11.7. The highest BCUT2D eigenvalue weighted by molar-refractivity contribution is 7.27. The molecule has 4 heteroatoms. The molecule has 0 saturated heterocycles. The fourth-order valence-electron chi connectivity index (χ4n) is 8.19. The summed E-state index contributed by atoms with van der Waals surface area (Å²) in [6, 6.07) is 65.0. The van der Waals surface area contributed by atoms with Gasteiger partial charge in [0.25, 0.3) is 0 Å². The molecule has 8 aromatic carbocycles. The van der Waals surface area contributed by atoms with E-state index in [1.807, 2.05) is 35.6 Å². The predicted molar refractivity (Wildman–Crippen MR) is 227 cm³/mol. The van der Waals surface area contributed by atoms with Crippen molar-refractivity contribution >= 4 is 69.7 Å². The first-order valence-corrected chi connectivity index (χ1v) is 18.9. The van der Waals surface area contributed by atoms with Crippen LogP contribution in [0.2, 0.25) is 0 Å². The van der Waals surface area contributed by atoms with E-state index >= 15 is 0 Å². The van der Waals surface area contributed by atoms with Gasteiger partial charge in [0.1, 0.15) is 0 Å². The van der Waals surface area contributed by atoms with Crippen LogP contribution in [-0.4, -0.2) is 9.38 Å². The molecule has 3 heterocycles. The lowest BCUT2D eigenvalue weighted by Crippen LogP contribution is -1.93. The summed E-state index contributed by atoms with van der Waals surface area (Å²) in [5.74, 6) is 0. The summed E-state index contributed by atoms with van der Waals surface area (Å²) in [5.41, 5.74) is 13.1. The first kappa shape index (κ1) is 30.6. The Bertz CT molecular complexity index is 3310. The summed E-state index contributed by atoms with van der Waals surface area (Å²) < 4.78 is 4.87. The quantitative estimate of drug-likeness (QED) is 0.183. The van der Waals surface area contributed by atoms with Crippen LogP contribution in [0.25, 0.3) is 103 Å². The van der Waals surface area contributed by atoms with Crippen LogP contribution in [0.4, 0.5) is 0 Å². The Morgan fingerprint density at radius 2 is 1.04 bits per heavy atom. The first-order valence-electron chi connectivity index (χ1n) is 18.1. The predicted octanol–water partition coefficient (Wildman–Crippen LogP) is 13.7. The number of imidazole rings is 1. The lowest BCUT2D eigenvalue weighted by Gasteiger charge is -2.14. The van der Waals surface area contributed by atoms with E-state index in [1.54, 1.807) is 0 Å². The highest BCUT2D eigenvalue weighted by Crippen LogP contribution is 2.44. The van der Waals surface area contributed by atoms with Crippen molar-refractivity contribution < 1.29 is 0 Å². The lowest BCUT2D eigenvalue weighted by atomic mass is 9.91. The van der Waals surface area contributed by atoms with Gasteiger partial charge in [0, 0.05) is 15.5 Å². The van der Waals surface area contributed by atoms with Gasteiger partial charge in [-0.2, -0.15) is 5.26 Å². The van der Waals surface area contributed by atoms with E-state index in [0.717, 1.165) is 39.1 Å². The van der Waals surface area contributed by atoms with Gasteiger partial charge in [-0.15, -0.1) is 11.3 Å². The molecular formula is C50H29N3S. The number of thiophene rings is 1. The minimum Gasteiger partial charge on any atom is -0.291 e. The number of rotatable bonds is 4. The summed E-state index contributed by atoms with van der Waals surface area (Å²) in [6.45, 7) is 0. The van der Waals surface area contributed by atoms with Crippen LogP contribution in [-0.2, 0) is 0 Å². The molecule has 0 aliphatic heterocycles. The molecule has 0 amide bonds. The summed E-state index contributed by atoms with van der Waals surface area (Å²) in [5, 5.41) is 16.7. The van der Waals surface area contributed by atoms with Gasteiger partial charge < -0.3 is 0 Å². The van der Waals surface area contributed by atoms with Crippen molar-refractivity contribution in [3.63, 3.8) is 0 Å². The molecule has 0 radical (unpaired) electrons. The maximum absolute atomic E-state index is 9.18. The molecule has 0 bridgehead atoms. The maximum atomic E-state index is 9.18. The van der Waals surface area contributed by atoms with E-state index in [4.69, 9.17) is 4.98 Å². The van der Waals surface area contributed by atoms with E-state index in [-0.39, 0.29) is 0 Å². The van der Waals surface area contributed by atoms with Crippen LogP contribution in [0.1, 0.15) is 5.56 Å². The van der Waals surface area contributed by atoms with Crippen LogP contribution >= 0.6 is 11.3 Å². The highest BCUT2D eigenvalue weighted by atomic mass is 32.1. The Labute approximate surface area is 315 Å². The van der Waals surface area contributed by atoms with Crippen LogP contribution in [0, 0.1) is 11.3 Å². The van der Waals surface area contributed by atoms with E-state index in [2.05, 4.69) is 162 Å². The fourth-order valence-corrected chi connectivity index (χ4v) is 9.49. The van der Waals surface area contributed by atoms with E-state index < -0.39 is 0 Å². The zero-order valence-corrected chi connectivity index (χ0v) is 29.8. The lowest BCUT2D eigenvalue weighted by molar-refractivity contribution is 1.25. The van der Waals surface area contributed by atoms with Crippen LogP contribution in [0.3, 0.4) is 0 Å². The second-order valence-corrected chi connectivity index (χ2v) is 14.9. The molecule has 0 spiro atoms. The molecule has 250 valence electrons. The standard InChI is InChI=1S/C50H29N3S/c51-30-31-13-15-32(16-14-31)33-17-19-35(20-18-33)38-27-28-39(42-10-4-3-9-41(38)42)36-21-23-37(24-22-36)47-29-44-43-26-25-34-7-1-2-8-40(34)48(43)54-49(44)50-52-45-11-5-6-12-46(45)53(47)50/h1-29H. The molecule has 11 aromatic rings. The number of fused-ring (bicyclic) bond motifs is 10. The molecule has 3 nitrogen and oxygen atoms in total. The third kappa shape index (κ3) is 4.70. The van der Waals surface area contributed by atoms with Crippen molar-refractivity contribution in [3.8, 4) is 50.7 Å². The third-order valence-corrected chi connectivity index (χ3v) is 12.1. The first-order chi connectivity index (χ1) is 26.7. The zero-order chi connectivity index (χ0) is 35.8. The monoisotopic (exact) mass is 703 g/mol. The molecule has 11 rings (SSSR count). The number of nitrogens with zero attached hydrogens (tertiary/aromatic N) is 3. The van der Waals surface area contributed by atoms with Crippen LogP contribution in [0.15, 0.2) is 176 Å². The minimum atomic E-state index is 0.670. The Hall–Kier alpha value is -7.06. The number of para-hydroxylation sites is 2. The van der Waals surface area contributed by atoms with Gasteiger partial charge >= 0.3 is 0 Å². The summed E-state index contributed by atoms with van der Waals surface area (Å²) in [4.78, 5) is 5.23. The highest BCUT2D eigenvalue weighted by Gasteiger charge is 2.19. The smallest absolute Gasteiger partial charge is 0.156 e. The van der Waals surface area contributed by atoms with E-state index in [1.165, 1.54) is 64.0 Å². The number of benzene rings is 8. The molecule has 54 heavy (non-hydrogen) atoms. The van der Waals surface area contributed by atoms with Gasteiger partial charge in [0.15, 0.2) is 5.65 Å². The number of pyridine rings is 1. The average Bonchev–Trinajstić information content (AvgIpc) is 3.83. The zero-order valence-electron chi connectivity index (χ0n) is 29.0. The number of hydrogen-bond donors (Lipinski definition) is 0. The topological polar surface area (TPSA) is 41.1 Å². The summed E-state index contributed by atoms with van der Waals surface area (Å²) in [7, 11) is 0. The van der Waals surface area contributed by atoms with Crippen molar-refractivity contribution in [2.75, 3.05) is 0 Å². The van der Waals surface area contributed by atoms with E-state index in [9.17, 15) is 5.26 Å². The molecule has 0 unspecified atom stereocenters. The molecule has 0 aliphatic rings. The van der Waals surface area contributed by atoms with Crippen molar-refractivity contribution in [2.45, 2.75) is 0 Å². The van der Waals surface area contributed by atoms with Crippen LogP contribution < -0.4 is 0 Å². The molecule has 0 atom stereocenters. The number of aromatic nitrogens is 2. The van der Waals surface area contributed by atoms with Gasteiger partial charge in [-0.3, -0.25) is 4.40 Å². The molecular weight excluding hydrogens is 675 g/mol. The summed E-state index contributed by atoms with van der Waals surface area (Å²) in [6.07, 6.45) is 0. The largest absolute Gasteiger partial charge is 0.291 e. The Morgan fingerprint density at radius 1 is 0.463 bits per heavy atom. The van der Waals surface area contributed by atoms with Gasteiger partial charge in [-0.1, -0.05) is 146 Å². The molecule has 3 aromatic heterocycles. The maximum Gasteiger partial charge on any atom is 0.156 e. The van der Waals surface area contributed by atoms with Crippen LogP contribution in [0.5, 0.6) is 0 Å². The SMILES string of the molecule is N#Cc1ccc(-c2ccc(-c3ccc(-c4ccc(-c5cc6c7ccc8ccccc8c7sc6c6nc7ccccc7n56)cc4)c4ccccc34)cc2)cc1.